The predicted octanol–water partition coefficient (Wildman–Crippen LogP) is 4.59. The zero-order valence-electron chi connectivity index (χ0n) is 13.9. The molecular formula is C19H19BrN2O2S. The summed E-state index contributed by atoms with van der Waals surface area (Å²) in [6.07, 6.45) is 0. The fourth-order valence-corrected chi connectivity index (χ4v) is 3.75. The molecule has 1 heterocycles. The van der Waals surface area contributed by atoms with Crippen LogP contribution < -0.4 is 4.74 Å². The van der Waals surface area contributed by atoms with Gasteiger partial charge in [-0.2, -0.15) is 0 Å². The second-order valence-electron chi connectivity index (χ2n) is 5.49. The Morgan fingerprint density at radius 3 is 2.60 bits per heavy atom. The number of amides is 1. The van der Waals surface area contributed by atoms with E-state index >= 15 is 0 Å². The zero-order valence-corrected chi connectivity index (χ0v) is 16.3. The highest BCUT2D eigenvalue weighted by atomic mass is 79.9. The molecule has 6 heteroatoms. The molecule has 0 aliphatic carbocycles. The lowest BCUT2D eigenvalue weighted by Gasteiger charge is -2.18. The van der Waals surface area contributed by atoms with E-state index in [-0.39, 0.29) is 5.91 Å². The molecule has 0 spiro atoms. The van der Waals surface area contributed by atoms with Crippen LogP contribution in [0.5, 0.6) is 5.75 Å². The molecule has 0 N–H and O–H groups in total. The summed E-state index contributed by atoms with van der Waals surface area (Å²) in [6.45, 7) is 3.85. The number of carbonyl (C=O) groups is 1. The van der Waals surface area contributed by atoms with Crippen molar-refractivity contribution in [2.24, 2.45) is 4.99 Å². The Kier molecular flexibility index (Phi) is 6.15. The van der Waals surface area contributed by atoms with E-state index in [9.17, 15) is 4.79 Å². The van der Waals surface area contributed by atoms with E-state index in [2.05, 4.69) is 33.1 Å². The molecule has 0 bridgehead atoms. The first-order chi connectivity index (χ1) is 12.2. The first-order valence-electron chi connectivity index (χ1n) is 8.14. The SMILES string of the molecule is CCOc1ccc(C(=O)N2CCN=C2SCc2ccc(Br)cc2)cc1. The van der Waals surface area contributed by atoms with Crippen molar-refractivity contribution >= 4 is 38.8 Å². The van der Waals surface area contributed by atoms with Crippen LogP contribution in [0.2, 0.25) is 0 Å². The van der Waals surface area contributed by atoms with E-state index in [0.717, 1.165) is 21.1 Å². The van der Waals surface area contributed by atoms with E-state index in [4.69, 9.17) is 4.74 Å². The third-order valence-electron chi connectivity index (χ3n) is 3.74. The van der Waals surface area contributed by atoms with Crippen molar-refractivity contribution in [2.45, 2.75) is 12.7 Å². The third kappa shape index (κ3) is 4.64. The van der Waals surface area contributed by atoms with Gasteiger partial charge in [0.15, 0.2) is 5.17 Å². The Hall–Kier alpha value is -1.79. The van der Waals surface area contributed by atoms with Crippen molar-refractivity contribution < 1.29 is 9.53 Å². The Balaban J connectivity index is 1.63. The zero-order chi connectivity index (χ0) is 17.6. The summed E-state index contributed by atoms with van der Waals surface area (Å²) in [5.74, 6) is 1.56. The minimum atomic E-state index is -0.0115. The molecule has 4 nitrogen and oxygen atoms in total. The fourth-order valence-electron chi connectivity index (χ4n) is 2.48. The van der Waals surface area contributed by atoms with Crippen molar-refractivity contribution in [3.8, 4) is 5.75 Å². The van der Waals surface area contributed by atoms with Crippen molar-refractivity contribution in [1.29, 1.82) is 0 Å². The first kappa shape index (κ1) is 18.0. The van der Waals surface area contributed by atoms with E-state index in [1.807, 2.05) is 43.3 Å². The van der Waals surface area contributed by atoms with Gasteiger partial charge < -0.3 is 4.74 Å². The van der Waals surface area contributed by atoms with Crippen LogP contribution in [0.4, 0.5) is 0 Å². The number of halogens is 1. The lowest BCUT2D eigenvalue weighted by atomic mass is 10.2. The van der Waals surface area contributed by atoms with Crippen molar-refractivity contribution in [1.82, 2.24) is 4.90 Å². The fraction of sp³-hybridized carbons (Fsp3) is 0.263. The highest BCUT2D eigenvalue weighted by molar-refractivity contribution is 9.10. The van der Waals surface area contributed by atoms with Gasteiger partial charge in [0, 0.05) is 22.3 Å². The van der Waals surface area contributed by atoms with Crippen LogP contribution in [-0.4, -0.2) is 35.7 Å². The molecule has 130 valence electrons. The van der Waals surface area contributed by atoms with Gasteiger partial charge in [0.1, 0.15) is 5.75 Å². The quantitative estimate of drug-likeness (QED) is 0.712. The molecule has 0 atom stereocenters. The summed E-state index contributed by atoms with van der Waals surface area (Å²) in [5, 5.41) is 0.793. The van der Waals surface area contributed by atoms with Crippen LogP contribution in [0.25, 0.3) is 0 Å². The summed E-state index contributed by atoms with van der Waals surface area (Å²) in [5.41, 5.74) is 1.86. The summed E-state index contributed by atoms with van der Waals surface area (Å²) in [7, 11) is 0. The molecule has 1 amide bonds. The maximum atomic E-state index is 12.8. The van der Waals surface area contributed by atoms with Gasteiger partial charge in [0.2, 0.25) is 0 Å². The minimum absolute atomic E-state index is 0.0115. The Morgan fingerprint density at radius 1 is 1.20 bits per heavy atom. The Morgan fingerprint density at radius 2 is 1.92 bits per heavy atom. The van der Waals surface area contributed by atoms with E-state index in [0.29, 0.717) is 25.3 Å². The minimum Gasteiger partial charge on any atom is -0.494 e. The summed E-state index contributed by atoms with van der Waals surface area (Å²) < 4.78 is 6.49. The third-order valence-corrected chi connectivity index (χ3v) is 5.35. The van der Waals surface area contributed by atoms with E-state index in [1.54, 1.807) is 16.7 Å². The number of thioether (sulfide) groups is 1. The van der Waals surface area contributed by atoms with E-state index in [1.165, 1.54) is 5.56 Å². The standard InChI is InChI=1S/C19H19BrN2O2S/c1-2-24-17-9-5-15(6-10-17)18(23)22-12-11-21-19(22)25-13-14-3-7-16(20)8-4-14/h3-10H,2,11-13H2,1H3. The van der Waals surface area contributed by atoms with Crippen LogP contribution in [0, 0.1) is 0 Å². The first-order valence-corrected chi connectivity index (χ1v) is 9.91. The van der Waals surface area contributed by atoms with Crippen molar-refractivity contribution in [3.63, 3.8) is 0 Å². The summed E-state index contributed by atoms with van der Waals surface area (Å²) in [4.78, 5) is 19.0. The van der Waals surface area contributed by atoms with Crippen LogP contribution in [0.15, 0.2) is 58.0 Å². The molecule has 0 radical (unpaired) electrons. The number of hydrogen-bond donors (Lipinski definition) is 0. The number of benzene rings is 2. The van der Waals surface area contributed by atoms with Crippen molar-refractivity contribution in [2.75, 3.05) is 19.7 Å². The number of hydrogen-bond acceptors (Lipinski definition) is 4. The maximum Gasteiger partial charge on any atom is 0.259 e. The maximum absolute atomic E-state index is 12.8. The molecule has 0 fully saturated rings. The number of aliphatic imine (C=N–C) groups is 1. The second kappa shape index (κ2) is 8.54. The lowest BCUT2D eigenvalue weighted by Crippen LogP contribution is -2.32. The number of amidine groups is 1. The lowest BCUT2D eigenvalue weighted by molar-refractivity contribution is 0.0860. The number of ether oxygens (including phenoxy) is 1. The second-order valence-corrected chi connectivity index (χ2v) is 7.35. The van der Waals surface area contributed by atoms with Gasteiger partial charge >= 0.3 is 0 Å². The Labute approximate surface area is 160 Å². The highest BCUT2D eigenvalue weighted by Crippen LogP contribution is 2.23. The van der Waals surface area contributed by atoms with Gasteiger partial charge in [-0.05, 0) is 48.9 Å². The van der Waals surface area contributed by atoms with Gasteiger partial charge in [0.05, 0.1) is 13.2 Å². The molecule has 0 saturated heterocycles. The van der Waals surface area contributed by atoms with Crippen LogP contribution in [0.1, 0.15) is 22.8 Å². The monoisotopic (exact) mass is 418 g/mol. The number of rotatable bonds is 5. The van der Waals surface area contributed by atoms with Crippen LogP contribution in [-0.2, 0) is 5.75 Å². The average Bonchev–Trinajstić information content (AvgIpc) is 3.10. The smallest absolute Gasteiger partial charge is 0.259 e. The Bertz CT molecular complexity index is 760. The van der Waals surface area contributed by atoms with Crippen molar-refractivity contribution in [3.05, 3.63) is 64.1 Å². The normalized spacial score (nSPS) is 13.7. The molecule has 1 aliphatic heterocycles. The summed E-state index contributed by atoms with van der Waals surface area (Å²) in [6, 6.07) is 15.5. The topological polar surface area (TPSA) is 41.9 Å². The number of carbonyl (C=O) groups excluding carboxylic acids is 1. The largest absolute Gasteiger partial charge is 0.494 e. The molecule has 0 aromatic heterocycles. The molecule has 2 aromatic rings. The van der Waals surface area contributed by atoms with Gasteiger partial charge in [-0.15, -0.1) is 0 Å². The van der Waals surface area contributed by atoms with E-state index < -0.39 is 0 Å². The van der Waals surface area contributed by atoms with Crippen LogP contribution in [0.3, 0.4) is 0 Å². The molecule has 25 heavy (non-hydrogen) atoms. The van der Waals surface area contributed by atoms with Gasteiger partial charge in [-0.25, -0.2) is 0 Å². The van der Waals surface area contributed by atoms with Gasteiger partial charge in [0.25, 0.3) is 5.91 Å². The van der Waals surface area contributed by atoms with Gasteiger partial charge in [-0.1, -0.05) is 39.8 Å². The molecular weight excluding hydrogens is 400 g/mol. The molecule has 3 rings (SSSR count). The van der Waals surface area contributed by atoms with Crippen LogP contribution >= 0.6 is 27.7 Å². The predicted molar refractivity (Wildman–Crippen MR) is 106 cm³/mol. The van der Waals surface area contributed by atoms with Gasteiger partial charge in [-0.3, -0.25) is 14.7 Å². The number of nitrogens with zero attached hydrogens (tertiary/aromatic N) is 2. The molecule has 2 aromatic carbocycles. The molecule has 0 saturated carbocycles. The average molecular weight is 419 g/mol. The molecule has 1 aliphatic rings. The summed E-state index contributed by atoms with van der Waals surface area (Å²) >= 11 is 5.04. The highest BCUT2D eigenvalue weighted by Gasteiger charge is 2.25. The molecule has 0 unspecified atom stereocenters.